The molecule has 0 aliphatic carbocycles. The van der Waals surface area contributed by atoms with Crippen LogP contribution in [0.2, 0.25) is 0 Å². The minimum atomic E-state index is -1.17. The van der Waals surface area contributed by atoms with Gasteiger partial charge in [0.25, 0.3) is 0 Å². The van der Waals surface area contributed by atoms with Gasteiger partial charge >= 0.3 is 36.5 Å². The second kappa shape index (κ2) is 30.4. The molecule has 0 bridgehead atoms. The summed E-state index contributed by atoms with van der Waals surface area (Å²) in [5.41, 5.74) is 0. The standard InChI is InChI=1S/C22H38O14.4CO2/c1-11-12(8-32-9-14(23)24)34-22(19(30-5)16(11)28-3)36-17-13(7-27-2)35-21(31-6)20(18(17)29-4)33-10-15(25)26;4*2-1-3/h11-13,16-22H,7-10H2,1-6H3,(H,23,24)(H,25,26);;;;/t11-,12?,13?,16?,17+,18?,19?,20?,21?,22?;;;;/m1..../s1. The van der Waals surface area contributed by atoms with E-state index in [0.29, 0.717) is 0 Å². The van der Waals surface area contributed by atoms with E-state index in [2.05, 4.69) is 0 Å². The Bertz CT molecular complexity index is 963. The lowest BCUT2D eigenvalue weighted by Gasteiger charge is -2.49. The average molecular weight is 703 g/mol. The van der Waals surface area contributed by atoms with E-state index in [-0.39, 0.29) is 43.7 Å². The maximum atomic E-state index is 11.1. The van der Waals surface area contributed by atoms with Crippen molar-refractivity contribution in [2.75, 3.05) is 62.0 Å². The molecule has 0 aromatic rings. The number of carbonyl (C=O) groups is 2. The maximum Gasteiger partial charge on any atom is 0.373 e. The van der Waals surface area contributed by atoms with Crippen molar-refractivity contribution in [2.24, 2.45) is 5.92 Å². The first-order valence-electron chi connectivity index (χ1n) is 13.0. The van der Waals surface area contributed by atoms with Gasteiger partial charge in [0.2, 0.25) is 0 Å². The predicted octanol–water partition coefficient (Wildman–Crippen LogP) is -2.97. The molecule has 8 unspecified atom stereocenters. The van der Waals surface area contributed by atoms with Crippen LogP contribution in [0.3, 0.4) is 0 Å². The minimum absolute atomic E-state index is 0.0178. The molecule has 48 heavy (non-hydrogen) atoms. The largest absolute Gasteiger partial charge is 0.480 e. The predicted molar refractivity (Wildman–Crippen MR) is 138 cm³/mol. The number of methoxy groups -OCH3 is 5. The molecule has 22 nitrogen and oxygen atoms in total. The van der Waals surface area contributed by atoms with E-state index in [4.69, 9.17) is 95.9 Å². The Morgan fingerprint density at radius 1 is 0.583 bits per heavy atom. The lowest BCUT2D eigenvalue weighted by molar-refractivity contribution is -0.361. The van der Waals surface area contributed by atoms with Gasteiger partial charge in [-0.1, -0.05) is 6.92 Å². The first-order valence-corrected chi connectivity index (χ1v) is 13.0. The van der Waals surface area contributed by atoms with Gasteiger partial charge in [0.1, 0.15) is 43.7 Å². The van der Waals surface area contributed by atoms with Crippen molar-refractivity contribution in [2.45, 2.75) is 62.2 Å². The third-order valence-corrected chi connectivity index (χ3v) is 6.17. The van der Waals surface area contributed by atoms with Crippen LogP contribution in [-0.4, -0.2) is 164 Å². The maximum absolute atomic E-state index is 11.1. The van der Waals surface area contributed by atoms with Crippen molar-refractivity contribution in [1.29, 1.82) is 0 Å². The Morgan fingerprint density at radius 3 is 1.44 bits per heavy atom. The minimum Gasteiger partial charge on any atom is -0.480 e. The SMILES string of the molecule is COCC1OC(OC)C(OCC(=O)O)C(OC)[C@H]1OC1OC(COCC(=O)O)[C@@H](C)C(OC)C1OC.O=C=O.O=C=O.O=C=O.O=C=O. The summed E-state index contributed by atoms with van der Waals surface area (Å²) in [5.74, 6) is -2.50. The van der Waals surface area contributed by atoms with Gasteiger partial charge in [-0.05, 0) is 0 Å². The summed E-state index contributed by atoms with van der Waals surface area (Å²) < 4.78 is 57.0. The summed E-state index contributed by atoms with van der Waals surface area (Å²) >= 11 is 0. The second-order valence-corrected chi connectivity index (χ2v) is 8.75. The molecule has 0 aromatic carbocycles. The van der Waals surface area contributed by atoms with Crippen molar-refractivity contribution in [3.8, 4) is 0 Å². The number of carbonyl (C=O) groups excluding carboxylic acids is 8. The van der Waals surface area contributed by atoms with Crippen molar-refractivity contribution in [1.82, 2.24) is 0 Å². The van der Waals surface area contributed by atoms with Crippen LogP contribution in [0.1, 0.15) is 6.92 Å². The number of ether oxygens (including phenoxy) is 10. The Labute approximate surface area is 272 Å². The molecule has 2 N–H and O–H groups in total. The molecular formula is C26H38O22. The molecule has 2 heterocycles. The third-order valence-electron chi connectivity index (χ3n) is 6.17. The van der Waals surface area contributed by atoms with Gasteiger partial charge in [-0.25, -0.2) is 9.59 Å². The molecule has 2 aliphatic rings. The van der Waals surface area contributed by atoms with E-state index < -0.39 is 80.5 Å². The van der Waals surface area contributed by atoms with E-state index in [9.17, 15) is 9.59 Å². The normalized spacial score (nSPS) is 28.5. The lowest BCUT2D eigenvalue weighted by atomic mass is 9.90. The van der Waals surface area contributed by atoms with Crippen LogP contribution in [-0.2, 0) is 95.3 Å². The number of hydrogen-bond acceptors (Lipinski definition) is 20. The van der Waals surface area contributed by atoms with Crippen LogP contribution in [0.4, 0.5) is 0 Å². The van der Waals surface area contributed by atoms with Crippen LogP contribution >= 0.6 is 0 Å². The summed E-state index contributed by atoms with van der Waals surface area (Å²) in [6, 6.07) is 0. The number of carboxylic acid groups (broad SMARTS) is 2. The first kappa shape index (κ1) is 48.5. The summed E-state index contributed by atoms with van der Waals surface area (Å²) in [7, 11) is 7.33. The molecule has 274 valence electrons. The molecule has 2 aliphatic heterocycles. The fraction of sp³-hybridized carbons (Fsp3) is 0.769. The molecular weight excluding hydrogens is 664 g/mol. The summed E-state index contributed by atoms with van der Waals surface area (Å²) in [6.07, 6.45) is -6.08. The van der Waals surface area contributed by atoms with Gasteiger partial charge in [0.15, 0.2) is 12.6 Å². The van der Waals surface area contributed by atoms with Gasteiger partial charge in [-0.3, -0.25) is 0 Å². The van der Waals surface area contributed by atoms with E-state index >= 15 is 0 Å². The van der Waals surface area contributed by atoms with Gasteiger partial charge in [0, 0.05) is 41.5 Å². The number of carboxylic acids is 2. The monoisotopic (exact) mass is 702 g/mol. The van der Waals surface area contributed by atoms with Crippen molar-refractivity contribution in [3.05, 3.63) is 0 Å². The smallest absolute Gasteiger partial charge is 0.373 e. The highest BCUT2D eigenvalue weighted by Crippen LogP contribution is 2.35. The van der Waals surface area contributed by atoms with E-state index in [1.807, 2.05) is 6.92 Å². The van der Waals surface area contributed by atoms with Crippen molar-refractivity contribution < 1.29 is 106 Å². The lowest BCUT2D eigenvalue weighted by Crippen LogP contribution is -2.65. The molecule has 0 spiro atoms. The van der Waals surface area contributed by atoms with Crippen molar-refractivity contribution >= 4 is 36.5 Å². The van der Waals surface area contributed by atoms with Gasteiger partial charge in [-0.2, -0.15) is 38.4 Å². The Kier molecular flexibility index (Phi) is 30.7. The number of aliphatic carboxylic acids is 2. The molecule has 2 saturated heterocycles. The summed E-state index contributed by atoms with van der Waals surface area (Å²) in [5, 5.41) is 18.0. The zero-order valence-electron chi connectivity index (χ0n) is 26.7. The average Bonchev–Trinajstić information content (AvgIpc) is 3.03. The van der Waals surface area contributed by atoms with Crippen LogP contribution in [0.15, 0.2) is 0 Å². The zero-order chi connectivity index (χ0) is 37.7. The summed E-state index contributed by atoms with van der Waals surface area (Å²) in [4.78, 5) is 87.0. The van der Waals surface area contributed by atoms with E-state index in [1.54, 1.807) is 0 Å². The molecule has 10 atom stereocenters. The van der Waals surface area contributed by atoms with Crippen LogP contribution < -0.4 is 0 Å². The van der Waals surface area contributed by atoms with Crippen LogP contribution in [0.25, 0.3) is 0 Å². The van der Waals surface area contributed by atoms with Crippen molar-refractivity contribution in [3.63, 3.8) is 0 Å². The van der Waals surface area contributed by atoms with Crippen LogP contribution in [0.5, 0.6) is 0 Å². The Hall–Kier alpha value is -3.94. The molecule has 0 aromatic heterocycles. The third kappa shape index (κ3) is 18.4. The highest BCUT2D eigenvalue weighted by molar-refractivity contribution is 5.68. The molecule has 2 fully saturated rings. The fourth-order valence-corrected chi connectivity index (χ4v) is 4.49. The Morgan fingerprint density at radius 2 is 1.04 bits per heavy atom. The summed E-state index contributed by atoms with van der Waals surface area (Å²) in [6.45, 7) is 0.857. The van der Waals surface area contributed by atoms with Gasteiger partial charge in [-0.15, -0.1) is 0 Å². The topological polar surface area (TPSA) is 303 Å². The van der Waals surface area contributed by atoms with Gasteiger partial charge < -0.3 is 57.6 Å². The zero-order valence-corrected chi connectivity index (χ0v) is 26.7. The number of rotatable bonds is 15. The van der Waals surface area contributed by atoms with Gasteiger partial charge in [0.05, 0.1) is 25.4 Å². The van der Waals surface area contributed by atoms with Crippen LogP contribution in [0, 0.1) is 5.92 Å². The molecule has 0 amide bonds. The highest BCUT2D eigenvalue weighted by Gasteiger charge is 2.52. The molecule has 0 saturated carbocycles. The quantitative estimate of drug-likeness (QED) is 0.172. The van der Waals surface area contributed by atoms with E-state index in [1.165, 1.54) is 35.5 Å². The van der Waals surface area contributed by atoms with E-state index in [0.717, 1.165) is 0 Å². The first-order chi connectivity index (χ1) is 22.9. The second-order valence-electron chi connectivity index (χ2n) is 8.75. The highest BCUT2D eigenvalue weighted by atomic mass is 16.8. The molecule has 0 radical (unpaired) electrons. The Balaban J connectivity index is -0.00000147. The molecule has 2 rings (SSSR count). The molecule has 22 heteroatoms. The number of hydrogen-bond donors (Lipinski definition) is 2. The fourth-order valence-electron chi connectivity index (χ4n) is 4.49.